The Labute approximate surface area is 139 Å². The lowest BCUT2D eigenvalue weighted by molar-refractivity contribution is 0.00113. The van der Waals surface area contributed by atoms with Crippen molar-refractivity contribution >= 4 is 22.0 Å². The van der Waals surface area contributed by atoms with E-state index in [2.05, 4.69) is 20.9 Å². The number of alkyl halides is 1. The first-order chi connectivity index (χ1) is 10.1. The van der Waals surface area contributed by atoms with Crippen LogP contribution in [0.3, 0.4) is 0 Å². The summed E-state index contributed by atoms with van der Waals surface area (Å²) in [5.41, 5.74) is -0.726. The highest BCUT2D eigenvalue weighted by atomic mass is 79.9. The first-order valence-corrected chi connectivity index (χ1v) is 8.19. The van der Waals surface area contributed by atoms with E-state index in [1.165, 1.54) is 0 Å². The fourth-order valence-electron chi connectivity index (χ4n) is 2.62. The fourth-order valence-corrected chi connectivity index (χ4v) is 3.06. The third-order valence-corrected chi connectivity index (χ3v) is 4.11. The first-order valence-electron chi connectivity index (χ1n) is 7.40. The summed E-state index contributed by atoms with van der Waals surface area (Å²) >= 11 is 3.34. The van der Waals surface area contributed by atoms with Crippen molar-refractivity contribution in [2.45, 2.75) is 51.8 Å². The van der Waals surface area contributed by atoms with Gasteiger partial charge in [-0.05, 0) is 55.3 Å². The van der Waals surface area contributed by atoms with E-state index in [-0.39, 0.29) is 18.9 Å². The van der Waals surface area contributed by atoms with Crippen molar-refractivity contribution in [3.63, 3.8) is 0 Å². The smallest absolute Gasteiger partial charge is 0.410 e. The molecule has 0 N–H and O–H groups in total. The molecule has 6 heteroatoms. The maximum atomic E-state index is 15.2. The topological polar surface area (TPSA) is 42.4 Å². The summed E-state index contributed by atoms with van der Waals surface area (Å²) in [7, 11) is 0. The number of hydrogen-bond acceptors (Lipinski definition) is 3. The number of carbonyl (C=O) groups excluding carboxylic acids is 1. The molecule has 1 aromatic rings. The molecule has 1 aliphatic heterocycles. The average Bonchev–Trinajstić information content (AvgIpc) is 2.36. The molecule has 0 atom stereocenters. The number of nitrogens with zero attached hydrogens (tertiary/aromatic N) is 2. The quantitative estimate of drug-likeness (QED) is 0.735. The number of amides is 1. The first kappa shape index (κ1) is 17.2. The lowest BCUT2D eigenvalue weighted by Gasteiger charge is -2.37. The summed E-state index contributed by atoms with van der Waals surface area (Å²) < 4.78 is 21.4. The third-order valence-electron chi connectivity index (χ3n) is 3.68. The monoisotopic (exact) mass is 372 g/mol. The van der Waals surface area contributed by atoms with Crippen LogP contribution < -0.4 is 0 Å². The minimum atomic E-state index is -1.48. The molecular weight excluding hydrogens is 351 g/mol. The standard InChI is InChI=1S/C16H22BrFN2O2/c1-11-9-12(17)10-19-13(11)16(18)5-7-20(8-6-16)14(21)22-15(2,3)4/h9-10H,5-8H2,1-4H3. The van der Waals surface area contributed by atoms with Gasteiger partial charge in [-0.25, -0.2) is 9.18 Å². The molecule has 4 nitrogen and oxygen atoms in total. The van der Waals surface area contributed by atoms with Gasteiger partial charge < -0.3 is 9.64 Å². The Bertz CT molecular complexity index is 564. The highest BCUT2D eigenvalue weighted by Gasteiger charge is 2.40. The minimum absolute atomic E-state index is 0.238. The van der Waals surface area contributed by atoms with E-state index in [1.54, 1.807) is 11.1 Å². The van der Waals surface area contributed by atoms with Gasteiger partial charge in [0.25, 0.3) is 0 Å². The lowest BCUT2D eigenvalue weighted by atomic mass is 9.87. The number of pyridine rings is 1. The molecule has 0 spiro atoms. The van der Waals surface area contributed by atoms with Gasteiger partial charge in [-0.3, -0.25) is 4.98 Å². The molecular formula is C16H22BrFN2O2. The van der Waals surface area contributed by atoms with E-state index in [0.29, 0.717) is 18.8 Å². The largest absolute Gasteiger partial charge is 0.444 e. The fraction of sp³-hybridized carbons (Fsp3) is 0.625. The normalized spacial score (nSPS) is 18.2. The van der Waals surface area contributed by atoms with Crippen LogP contribution in [0.4, 0.5) is 9.18 Å². The van der Waals surface area contributed by atoms with Gasteiger partial charge >= 0.3 is 6.09 Å². The van der Waals surface area contributed by atoms with Gasteiger partial charge in [-0.2, -0.15) is 0 Å². The van der Waals surface area contributed by atoms with Crippen LogP contribution in [0.5, 0.6) is 0 Å². The van der Waals surface area contributed by atoms with E-state index in [0.717, 1.165) is 10.0 Å². The number of carbonyl (C=O) groups is 1. The third kappa shape index (κ3) is 3.97. The SMILES string of the molecule is Cc1cc(Br)cnc1C1(F)CCN(C(=O)OC(C)(C)C)CC1. The second kappa shape index (κ2) is 6.14. The highest BCUT2D eigenvalue weighted by Crippen LogP contribution is 2.38. The molecule has 0 aliphatic carbocycles. The van der Waals surface area contributed by atoms with Gasteiger partial charge in [0.1, 0.15) is 5.60 Å². The van der Waals surface area contributed by atoms with Crippen molar-refractivity contribution in [3.05, 3.63) is 28.0 Å². The van der Waals surface area contributed by atoms with Crippen molar-refractivity contribution in [2.24, 2.45) is 0 Å². The van der Waals surface area contributed by atoms with Crippen LogP contribution >= 0.6 is 15.9 Å². The number of hydrogen-bond donors (Lipinski definition) is 0. The van der Waals surface area contributed by atoms with Crippen LogP contribution in [-0.2, 0) is 10.4 Å². The van der Waals surface area contributed by atoms with E-state index in [1.807, 2.05) is 33.8 Å². The van der Waals surface area contributed by atoms with E-state index in [9.17, 15) is 4.79 Å². The number of likely N-dealkylation sites (tertiary alicyclic amines) is 1. The summed E-state index contributed by atoms with van der Waals surface area (Å²) in [6, 6.07) is 1.86. The number of aryl methyl sites for hydroxylation is 1. The van der Waals surface area contributed by atoms with Crippen LogP contribution in [-0.4, -0.2) is 34.7 Å². The number of piperidine rings is 1. The summed E-state index contributed by atoms with van der Waals surface area (Å²) in [5.74, 6) is 0. The van der Waals surface area contributed by atoms with Crippen LogP contribution in [0.1, 0.15) is 44.9 Å². The molecule has 22 heavy (non-hydrogen) atoms. The molecule has 2 rings (SSSR count). The molecule has 1 aliphatic rings. The lowest BCUT2D eigenvalue weighted by Crippen LogP contribution is -2.45. The van der Waals surface area contributed by atoms with Crippen molar-refractivity contribution in [1.82, 2.24) is 9.88 Å². The second-order valence-corrected chi connectivity index (χ2v) is 7.67. The van der Waals surface area contributed by atoms with Crippen molar-refractivity contribution in [3.8, 4) is 0 Å². The predicted molar refractivity (Wildman–Crippen MR) is 86.5 cm³/mol. The zero-order valence-electron chi connectivity index (χ0n) is 13.4. The Hall–Kier alpha value is -1.17. The van der Waals surface area contributed by atoms with Gasteiger partial charge in [-0.15, -0.1) is 0 Å². The number of ether oxygens (including phenoxy) is 1. The molecule has 0 radical (unpaired) electrons. The summed E-state index contributed by atoms with van der Waals surface area (Å²) in [6.07, 6.45) is 1.71. The van der Waals surface area contributed by atoms with Gasteiger partial charge in [0, 0.05) is 36.6 Å². The predicted octanol–water partition coefficient (Wildman–Crippen LogP) is 4.35. The molecule has 0 bridgehead atoms. The van der Waals surface area contributed by atoms with Crippen LogP contribution in [0.25, 0.3) is 0 Å². The summed E-state index contributed by atoms with van der Waals surface area (Å²) in [4.78, 5) is 17.8. The molecule has 0 saturated carbocycles. The number of aromatic nitrogens is 1. The molecule has 2 heterocycles. The van der Waals surface area contributed by atoms with Crippen LogP contribution in [0.15, 0.2) is 16.7 Å². The summed E-state index contributed by atoms with van der Waals surface area (Å²) in [5, 5.41) is 0. The van der Waals surface area contributed by atoms with E-state index >= 15 is 4.39 Å². The zero-order valence-corrected chi connectivity index (χ0v) is 15.0. The molecule has 1 fully saturated rings. The van der Waals surface area contributed by atoms with E-state index in [4.69, 9.17) is 4.74 Å². The molecule has 1 amide bonds. The number of halogens is 2. The Morgan fingerprint density at radius 1 is 1.41 bits per heavy atom. The average molecular weight is 373 g/mol. The molecule has 1 saturated heterocycles. The Kier molecular flexibility index (Phi) is 4.80. The Morgan fingerprint density at radius 2 is 2.00 bits per heavy atom. The van der Waals surface area contributed by atoms with Gasteiger partial charge in [0.2, 0.25) is 0 Å². The molecule has 0 unspecified atom stereocenters. The maximum Gasteiger partial charge on any atom is 0.410 e. The minimum Gasteiger partial charge on any atom is -0.444 e. The van der Waals surface area contributed by atoms with Crippen LogP contribution in [0, 0.1) is 6.92 Å². The van der Waals surface area contributed by atoms with Gasteiger partial charge in [0.15, 0.2) is 5.67 Å². The van der Waals surface area contributed by atoms with Crippen LogP contribution in [0.2, 0.25) is 0 Å². The van der Waals surface area contributed by atoms with E-state index < -0.39 is 11.3 Å². The van der Waals surface area contributed by atoms with Crippen molar-refractivity contribution in [2.75, 3.05) is 13.1 Å². The summed E-state index contributed by atoms with van der Waals surface area (Å²) in [6.45, 7) is 8.00. The highest BCUT2D eigenvalue weighted by molar-refractivity contribution is 9.10. The molecule has 1 aromatic heterocycles. The zero-order chi connectivity index (χ0) is 16.5. The maximum absolute atomic E-state index is 15.2. The Balaban J connectivity index is 2.06. The van der Waals surface area contributed by atoms with Gasteiger partial charge in [0.05, 0.1) is 5.69 Å². The number of rotatable bonds is 1. The van der Waals surface area contributed by atoms with Gasteiger partial charge in [-0.1, -0.05) is 0 Å². The Morgan fingerprint density at radius 3 is 2.50 bits per heavy atom. The second-order valence-electron chi connectivity index (χ2n) is 6.75. The van der Waals surface area contributed by atoms with Crippen molar-refractivity contribution < 1.29 is 13.9 Å². The molecule has 122 valence electrons. The molecule has 0 aromatic carbocycles. The van der Waals surface area contributed by atoms with Crippen molar-refractivity contribution in [1.29, 1.82) is 0 Å².